The average Bonchev–Trinajstić information content (AvgIpc) is 3.48. The second-order valence-corrected chi connectivity index (χ2v) is 7.17. The Bertz CT molecular complexity index is 1180. The third-order valence-corrected chi connectivity index (χ3v) is 5.37. The fourth-order valence-electron chi connectivity index (χ4n) is 3.80. The Balaban J connectivity index is 1.46. The van der Waals surface area contributed by atoms with Gasteiger partial charge in [-0.1, -0.05) is 12.1 Å². The molecule has 3 aromatic heterocycles. The van der Waals surface area contributed by atoms with Gasteiger partial charge in [-0.25, -0.2) is 4.98 Å². The molecular weight excluding hydrogens is 382 g/mol. The second-order valence-electron chi connectivity index (χ2n) is 7.17. The summed E-state index contributed by atoms with van der Waals surface area (Å²) in [6.45, 7) is 1.47. The first-order chi connectivity index (χ1) is 14.7. The molecule has 1 aromatic carbocycles. The molecule has 0 bridgehead atoms. The van der Waals surface area contributed by atoms with Gasteiger partial charge in [-0.05, 0) is 35.9 Å². The van der Waals surface area contributed by atoms with E-state index in [2.05, 4.69) is 20.2 Å². The first-order valence-electron chi connectivity index (χ1n) is 9.74. The molecule has 30 heavy (non-hydrogen) atoms. The number of rotatable bonds is 4. The number of ether oxygens (including phenoxy) is 2. The summed E-state index contributed by atoms with van der Waals surface area (Å²) in [6.07, 6.45) is 3.51. The monoisotopic (exact) mass is 403 g/mol. The van der Waals surface area contributed by atoms with Crippen LogP contribution in [-0.4, -0.2) is 57.8 Å². The second kappa shape index (κ2) is 7.64. The largest absolute Gasteiger partial charge is 0.497 e. The molecule has 8 heteroatoms. The smallest absolute Gasteiger partial charge is 0.271 e. The quantitative estimate of drug-likeness (QED) is 0.546. The van der Waals surface area contributed by atoms with Crippen molar-refractivity contribution in [2.45, 2.75) is 6.04 Å². The van der Waals surface area contributed by atoms with E-state index in [0.717, 1.165) is 28.0 Å². The van der Waals surface area contributed by atoms with E-state index in [1.54, 1.807) is 19.5 Å². The van der Waals surface area contributed by atoms with Crippen molar-refractivity contribution in [2.24, 2.45) is 0 Å². The lowest BCUT2D eigenvalue weighted by molar-refractivity contribution is -0.00300. The first kappa shape index (κ1) is 18.4. The van der Waals surface area contributed by atoms with Gasteiger partial charge in [-0.3, -0.25) is 9.89 Å². The zero-order chi connectivity index (χ0) is 20.5. The van der Waals surface area contributed by atoms with Gasteiger partial charge in [0.2, 0.25) is 0 Å². The van der Waals surface area contributed by atoms with Crippen LogP contribution in [0.3, 0.4) is 0 Å². The van der Waals surface area contributed by atoms with Gasteiger partial charge in [0.05, 0.1) is 38.3 Å². The van der Waals surface area contributed by atoms with Crippen LogP contribution in [0.15, 0.2) is 54.9 Å². The first-order valence-corrected chi connectivity index (χ1v) is 9.74. The molecule has 0 spiro atoms. The number of morpholine rings is 1. The number of nitrogens with one attached hydrogen (secondary N) is 2. The van der Waals surface area contributed by atoms with E-state index in [9.17, 15) is 4.79 Å². The highest BCUT2D eigenvalue weighted by atomic mass is 16.5. The number of nitrogens with zero attached hydrogens (tertiary/aromatic N) is 3. The highest BCUT2D eigenvalue weighted by Gasteiger charge is 2.30. The Morgan fingerprint density at radius 3 is 3.03 bits per heavy atom. The summed E-state index contributed by atoms with van der Waals surface area (Å²) in [5.41, 5.74) is 3.85. The maximum absolute atomic E-state index is 13.4. The number of amides is 1. The van der Waals surface area contributed by atoms with E-state index in [1.807, 2.05) is 47.4 Å². The number of aromatic amines is 2. The van der Waals surface area contributed by atoms with Gasteiger partial charge in [0.15, 0.2) is 0 Å². The van der Waals surface area contributed by atoms with Gasteiger partial charge >= 0.3 is 0 Å². The molecule has 0 aliphatic carbocycles. The molecular formula is C22H21N5O3. The summed E-state index contributed by atoms with van der Waals surface area (Å²) in [4.78, 5) is 23.1. The maximum atomic E-state index is 13.4. The highest BCUT2D eigenvalue weighted by molar-refractivity contribution is 5.97. The standard InChI is InChI=1S/C22H21N5O3/c1-29-17-4-2-3-14(9-17)20-13-30-8-7-27(20)22(28)19-10-15-5-6-18(25-21(15)26-19)16-11-23-24-12-16/h2-6,9-12,20H,7-8,13H2,1H3,(H,23,24)(H,25,26)/t20-/m1/s1. The number of carbonyl (C=O) groups is 1. The molecule has 4 aromatic rings. The molecule has 1 atom stereocenters. The number of carbonyl (C=O) groups excluding carboxylic acids is 1. The van der Waals surface area contributed by atoms with E-state index in [-0.39, 0.29) is 11.9 Å². The summed E-state index contributed by atoms with van der Waals surface area (Å²) >= 11 is 0. The van der Waals surface area contributed by atoms with E-state index in [0.29, 0.717) is 31.1 Å². The van der Waals surface area contributed by atoms with E-state index >= 15 is 0 Å². The van der Waals surface area contributed by atoms with Crippen molar-refractivity contribution in [2.75, 3.05) is 26.9 Å². The summed E-state index contributed by atoms with van der Waals surface area (Å²) in [5, 5.41) is 7.64. The lowest BCUT2D eigenvalue weighted by Gasteiger charge is -2.35. The van der Waals surface area contributed by atoms with Crippen molar-refractivity contribution in [1.29, 1.82) is 0 Å². The van der Waals surface area contributed by atoms with Crippen LogP contribution in [0.4, 0.5) is 0 Å². The van der Waals surface area contributed by atoms with Crippen molar-refractivity contribution < 1.29 is 14.3 Å². The van der Waals surface area contributed by atoms with Gasteiger partial charge < -0.3 is 19.4 Å². The number of hydrogen-bond acceptors (Lipinski definition) is 5. The molecule has 1 fully saturated rings. The third kappa shape index (κ3) is 3.31. The minimum Gasteiger partial charge on any atom is -0.497 e. The molecule has 1 amide bonds. The molecule has 0 radical (unpaired) electrons. The predicted molar refractivity (Wildman–Crippen MR) is 111 cm³/mol. The minimum absolute atomic E-state index is 0.0750. The molecule has 5 rings (SSSR count). The normalized spacial score (nSPS) is 16.7. The predicted octanol–water partition coefficient (Wildman–Crippen LogP) is 3.18. The number of hydrogen-bond donors (Lipinski definition) is 2. The molecule has 1 aliphatic heterocycles. The third-order valence-electron chi connectivity index (χ3n) is 5.37. The van der Waals surface area contributed by atoms with Crippen LogP contribution in [0, 0.1) is 0 Å². The fraction of sp³-hybridized carbons (Fsp3) is 0.227. The van der Waals surface area contributed by atoms with E-state index < -0.39 is 0 Å². The minimum atomic E-state index is -0.179. The zero-order valence-corrected chi connectivity index (χ0v) is 16.5. The van der Waals surface area contributed by atoms with Gasteiger partial charge in [0.25, 0.3) is 5.91 Å². The molecule has 4 heterocycles. The van der Waals surface area contributed by atoms with Gasteiger partial charge in [-0.2, -0.15) is 5.10 Å². The molecule has 2 N–H and O–H groups in total. The van der Waals surface area contributed by atoms with Crippen LogP contribution in [-0.2, 0) is 4.74 Å². The lowest BCUT2D eigenvalue weighted by Crippen LogP contribution is -2.43. The summed E-state index contributed by atoms with van der Waals surface area (Å²) in [5.74, 6) is 0.682. The SMILES string of the molecule is COc1cccc([C@H]2COCCN2C(=O)c2cc3ccc(-c4cn[nH]c4)nc3[nH]2)c1. The molecule has 0 saturated carbocycles. The molecule has 152 valence electrons. The summed E-state index contributed by atoms with van der Waals surface area (Å²) in [7, 11) is 1.63. The molecule has 0 unspecified atom stereocenters. The summed E-state index contributed by atoms with van der Waals surface area (Å²) in [6, 6.07) is 13.3. The fourth-order valence-corrected chi connectivity index (χ4v) is 3.80. The highest BCUT2D eigenvalue weighted by Crippen LogP contribution is 2.29. The van der Waals surface area contributed by atoms with Crippen LogP contribution < -0.4 is 4.74 Å². The van der Waals surface area contributed by atoms with Crippen molar-refractivity contribution in [3.05, 3.63) is 66.1 Å². The Hall–Kier alpha value is -3.65. The topological polar surface area (TPSA) is 96.1 Å². The van der Waals surface area contributed by atoms with E-state index in [4.69, 9.17) is 9.47 Å². The maximum Gasteiger partial charge on any atom is 0.271 e. The Labute approximate surface area is 172 Å². The Kier molecular flexibility index (Phi) is 4.68. The average molecular weight is 403 g/mol. The zero-order valence-electron chi connectivity index (χ0n) is 16.5. The Morgan fingerprint density at radius 1 is 1.27 bits per heavy atom. The van der Waals surface area contributed by atoms with Crippen LogP contribution in [0.1, 0.15) is 22.1 Å². The molecule has 1 saturated heterocycles. The number of H-pyrrole nitrogens is 2. The van der Waals surface area contributed by atoms with Crippen LogP contribution >= 0.6 is 0 Å². The number of fused-ring (bicyclic) bond motifs is 1. The summed E-state index contributed by atoms with van der Waals surface area (Å²) < 4.78 is 11.0. The van der Waals surface area contributed by atoms with Crippen molar-refractivity contribution in [3.63, 3.8) is 0 Å². The Morgan fingerprint density at radius 2 is 2.20 bits per heavy atom. The lowest BCUT2D eigenvalue weighted by atomic mass is 10.0. The van der Waals surface area contributed by atoms with Crippen LogP contribution in [0.5, 0.6) is 5.75 Å². The number of benzene rings is 1. The van der Waals surface area contributed by atoms with Crippen LogP contribution in [0.25, 0.3) is 22.3 Å². The van der Waals surface area contributed by atoms with Crippen molar-refractivity contribution in [3.8, 4) is 17.0 Å². The van der Waals surface area contributed by atoms with Crippen LogP contribution in [0.2, 0.25) is 0 Å². The van der Waals surface area contributed by atoms with Gasteiger partial charge in [0.1, 0.15) is 17.1 Å². The van der Waals surface area contributed by atoms with Gasteiger partial charge in [0, 0.05) is 23.7 Å². The van der Waals surface area contributed by atoms with Gasteiger partial charge in [-0.15, -0.1) is 0 Å². The molecule has 1 aliphatic rings. The van der Waals surface area contributed by atoms with Crippen molar-refractivity contribution >= 4 is 16.9 Å². The van der Waals surface area contributed by atoms with E-state index in [1.165, 1.54) is 0 Å². The number of pyridine rings is 1. The number of methoxy groups -OCH3 is 1. The number of aromatic nitrogens is 4. The molecule has 8 nitrogen and oxygen atoms in total. The van der Waals surface area contributed by atoms with Crippen molar-refractivity contribution in [1.82, 2.24) is 25.1 Å².